The molecule has 0 radical (unpaired) electrons. The zero-order valence-electron chi connectivity index (χ0n) is 13.4. The molecule has 1 aliphatic heterocycles. The molecule has 5 nitrogen and oxygen atoms in total. The van der Waals surface area contributed by atoms with Gasteiger partial charge in [0, 0.05) is 18.7 Å². The largest absolute Gasteiger partial charge is 0.454 e. The van der Waals surface area contributed by atoms with E-state index in [1.165, 1.54) is 11.1 Å². The van der Waals surface area contributed by atoms with Crippen molar-refractivity contribution in [3.8, 4) is 11.5 Å². The molecule has 1 aliphatic carbocycles. The Hall–Kier alpha value is -2.69. The summed E-state index contributed by atoms with van der Waals surface area (Å²) in [5, 5.41) is 5.86. The molecule has 1 heterocycles. The van der Waals surface area contributed by atoms with E-state index in [1.807, 2.05) is 18.2 Å². The monoisotopic (exact) mass is 324 g/mol. The van der Waals surface area contributed by atoms with Crippen LogP contribution in [0.5, 0.6) is 11.5 Å². The lowest BCUT2D eigenvalue weighted by molar-refractivity contribution is 0.173. The van der Waals surface area contributed by atoms with Crippen LogP contribution in [0.2, 0.25) is 0 Å². The molecular formula is C19H20N2O3. The summed E-state index contributed by atoms with van der Waals surface area (Å²) in [5.74, 6) is 1.94. The summed E-state index contributed by atoms with van der Waals surface area (Å²) in [6.45, 7) is 1.34. The molecule has 2 aliphatic rings. The van der Waals surface area contributed by atoms with Gasteiger partial charge in [-0.05, 0) is 36.0 Å². The maximum Gasteiger partial charge on any atom is 0.315 e. The fourth-order valence-electron chi connectivity index (χ4n) is 3.40. The number of fused-ring (bicyclic) bond motifs is 2. The van der Waals surface area contributed by atoms with Gasteiger partial charge in [0.05, 0.1) is 0 Å². The van der Waals surface area contributed by atoms with E-state index < -0.39 is 0 Å². The Morgan fingerprint density at radius 2 is 1.79 bits per heavy atom. The predicted molar refractivity (Wildman–Crippen MR) is 90.1 cm³/mol. The van der Waals surface area contributed by atoms with Gasteiger partial charge < -0.3 is 20.1 Å². The molecule has 2 N–H and O–H groups in total. The van der Waals surface area contributed by atoms with E-state index in [1.54, 1.807) is 0 Å². The summed E-state index contributed by atoms with van der Waals surface area (Å²) in [7, 11) is 0. The van der Waals surface area contributed by atoms with Crippen molar-refractivity contribution < 1.29 is 14.3 Å². The van der Waals surface area contributed by atoms with Crippen molar-refractivity contribution in [2.24, 2.45) is 5.92 Å². The third-order valence-electron chi connectivity index (χ3n) is 4.60. The van der Waals surface area contributed by atoms with Crippen LogP contribution in [0.4, 0.5) is 4.79 Å². The minimum absolute atomic E-state index is 0.150. The second kappa shape index (κ2) is 6.43. The minimum atomic E-state index is -0.150. The molecule has 2 aromatic rings. The third kappa shape index (κ3) is 3.02. The molecule has 0 atom stereocenters. The van der Waals surface area contributed by atoms with Gasteiger partial charge in [-0.25, -0.2) is 4.79 Å². The molecule has 2 aromatic carbocycles. The number of rotatable bonds is 4. The Labute approximate surface area is 141 Å². The van der Waals surface area contributed by atoms with Gasteiger partial charge in [-0.1, -0.05) is 36.4 Å². The molecule has 0 bridgehead atoms. The van der Waals surface area contributed by atoms with E-state index in [-0.39, 0.29) is 12.8 Å². The summed E-state index contributed by atoms with van der Waals surface area (Å²) in [5.41, 5.74) is 3.73. The highest BCUT2D eigenvalue weighted by Gasteiger charge is 2.21. The van der Waals surface area contributed by atoms with Crippen LogP contribution in [0.3, 0.4) is 0 Å². The van der Waals surface area contributed by atoms with E-state index in [4.69, 9.17) is 9.47 Å². The van der Waals surface area contributed by atoms with Gasteiger partial charge >= 0.3 is 6.03 Å². The van der Waals surface area contributed by atoms with Gasteiger partial charge in [-0.2, -0.15) is 0 Å². The van der Waals surface area contributed by atoms with Crippen molar-refractivity contribution in [3.63, 3.8) is 0 Å². The molecule has 0 fully saturated rings. The molecular weight excluding hydrogens is 304 g/mol. The Morgan fingerprint density at radius 1 is 1.00 bits per heavy atom. The van der Waals surface area contributed by atoms with E-state index in [9.17, 15) is 4.79 Å². The zero-order chi connectivity index (χ0) is 16.4. The van der Waals surface area contributed by atoms with Crippen LogP contribution in [0.25, 0.3) is 0 Å². The number of benzene rings is 2. The molecule has 0 saturated carbocycles. The summed E-state index contributed by atoms with van der Waals surface area (Å²) >= 11 is 0. The summed E-state index contributed by atoms with van der Waals surface area (Å²) in [6, 6.07) is 14.0. The molecule has 24 heavy (non-hydrogen) atoms. The van der Waals surface area contributed by atoms with Gasteiger partial charge in [0.25, 0.3) is 0 Å². The van der Waals surface area contributed by atoms with Crippen molar-refractivity contribution in [2.75, 3.05) is 13.3 Å². The van der Waals surface area contributed by atoms with Gasteiger partial charge in [0.2, 0.25) is 6.79 Å². The number of nitrogens with one attached hydrogen (secondary N) is 2. The van der Waals surface area contributed by atoms with Crippen LogP contribution in [0.15, 0.2) is 42.5 Å². The normalized spacial score (nSPS) is 15.2. The highest BCUT2D eigenvalue weighted by molar-refractivity contribution is 5.74. The Balaban J connectivity index is 1.26. The van der Waals surface area contributed by atoms with Gasteiger partial charge in [-0.3, -0.25) is 0 Å². The highest BCUT2D eigenvalue weighted by atomic mass is 16.7. The zero-order valence-corrected chi connectivity index (χ0v) is 13.4. The van der Waals surface area contributed by atoms with Crippen LogP contribution in [0, 0.1) is 5.92 Å². The molecule has 0 unspecified atom stereocenters. The smallest absolute Gasteiger partial charge is 0.315 e. The van der Waals surface area contributed by atoms with Crippen LogP contribution in [0.1, 0.15) is 16.7 Å². The first-order valence-electron chi connectivity index (χ1n) is 8.25. The summed E-state index contributed by atoms with van der Waals surface area (Å²) in [6.07, 6.45) is 2.07. The standard InChI is InChI=1S/C19H20N2O3/c22-19(20-10-13-8-14-4-1-2-5-15(14)9-13)21-11-16-6-3-7-17-18(16)24-12-23-17/h1-7,13H,8-12H2,(H2,20,21,22). The molecule has 0 spiro atoms. The second-order valence-corrected chi connectivity index (χ2v) is 6.26. The lowest BCUT2D eigenvalue weighted by atomic mass is 10.1. The quantitative estimate of drug-likeness (QED) is 0.909. The van der Waals surface area contributed by atoms with Crippen LogP contribution >= 0.6 is 0 Å². The van der Waals surface area contributed by atoms with E-state index in [0.29, 0.717) is 19.0 Å². The van der Waals surface area contributed by atoms with Crippen LogP contribution in [-0.2, 0) is 19.4 Å². The number of hydrogen-bond donors (Lipinski definition) is 2. The lowest BCUT2D eigenvalue weighted by Gasteiger charge is -2.12. The molecule has 0 saturated heterocycles. The van der Waals surface area contributed by atoms with Crippen molar-refractivity contribution in [3.05, 3.63) is 59.2 Å². The maximum absolute atomic E-state index is 12.1. The number of ether oxygens (including phenoxy) is 2. The SMILES string of the molecule is O=C(NCc1cccc2c1OCO2)NCC1Cc2ccccc2C1. The first-order valence-corrected chi connectivity index (χ1v) is 8.25. The Kier molecular flexibility index (Phi) is 3.99. The number of para-hydroxylation sites is 1. The van der Waals surface area contributed by atoms with Crippen molar-refractivity contribution >= 4 is 6.03 Å². The van der Waals surface area contributed by atoms with Crippen molar-refractivity contribution in [1.82, 2.24) is 10.6 Å². The van der Waals surface area contributed by atoms with E-state index in [0.717, 1.165) is 29.9 Å². The number of urea groups is 1. The van der Waals surface area contributed by atoms with Crippen molar-refractivity contribution in [2.45, 2.75) is 19.4 Å². The van der Waals surface area contributed by atoms with Crippen LogP contribution < -0.4 is 20.1 Å². The van der Waals surface area contributed by atoms with Crippen LogP contribution in [-0.4, -0.2) is 19.4 Å². The number of carbonyl (C=O) groups excluding carboxylic acids is 1. The maximum atomic E-state index is 12.1. The van der Waals surface area contributed by atoms with E-state index in [2.05, 4.69) is 34.9 Å². The number of amides is 2. The van der Waals surface area contributed by atoms with E-state index >= 15 is 0 Å². The summed E-state index contributed by atoms with van der Waals surface area (Å²) < 4.78 is 10.8. The minimum Gasteiger partial charge on any atom is -0.454 e. The lowest BCUT2D eigenvalue weighted by Crippen LogP contribution is -2.38. The summed E-state index contributed by atoms with van der Waals surface area (Å²) in [4.78, 5) is 12.1. The first-order chi connectivity index (χ1) is 11.8. The fourth-order valence-corrected chi connectivity index (χ4v) is 3.40. The number of carbonyl (C=O) groups is 1. The molecule has 124 valence electrons. The van der Waals surface area contributed by atoms with Crippen molar-refractivity contribution in [1.29, 1.82) is 0 Å². The highest BCUT2D eigenvalue weighted by Crippen LogP contribution is 2.35. The second-order valence-electron chi connectivity index (χ2n) is 6.26. The van der Waals surface area contributed by atoms with Gasteiger partial charge in [0.1, 0.15) is 0 Å². The molecule has 4 rings (SSSR count). The van der Waals surface area contributed by atoms with Gasteiger partial charge in [0.15, 0.2) is 11.5 Å². The topological polar surface area (TPSA) is 59.6 Å². The number of hydrogen-bond acceptors (Lipinski definition) is 3. The molecule has 5 heteroatoms. The Bertz CT molecular complexity index is 735. The third-order valence-corrected chi connectivity index (χ3v) is 4.60. The first kappa shape index (κ1) is 14.9. The molecule has 0 aromatic heterocycles. The van der Waals surface area contributed by atoms with Gasteiger partial charge in [-0.15, -0.1) is 0 Å². The predicted octanol–water partition coefficient (Wildman–Crippen LogP) is 2.63. The average Bonchev–Trinajstić information content (AvgIpc) is 3.24. The Morgan fingerprint density at radius 3 is 2.58 bits per heavy atom. The fraction of sp³-hybridized carbons (Fsp3) is 0.316. The average molecular weight is 324 g/mol. The molecule has 2 amide bonds.